The molecule has 0 aliphatic carbocycles. The first-order valence-corrected chi connectivity index (χ1v) is 9.14. The summed E-state index contributed by atoms with van der Waals surface area (Å²) in [6.45, 7) is 7.85. The molecule has 6 heteroatoms. The van der Waals surface area contributed by atoms with Crippen LogP contribution in [0.25, 0.3) is 6.08 Å². The Balaban J connectivity index is 1.94. The van der Waals surface area contributed by atoms with Crippen LogP contribution in [-0.2, 0) is 9.59 Å². The monoisotopic (exact) mass is 359 g/mol. The maximum Gasteiger partial charge on any atom is 0.246 e. The zero-order valence-corrected chi connectivity index (χ0v) is 16.0. The van der Waals surface area contributed by atoms with Crippen molar-refractivity contribution < 1.29 is 14.3 Å². The van der Waals surface area contributed by atoms with Crippen molar-refractivity contribution in [2.24, 2.45) is 0 Å². The van der Waals surface area contributed by atoms with Gasteiger partial charge in [-0.2, -0.15) is 0 Å². The number of carbonyl (C=O) groups is 2. The molecule has 1 N–H and O–H groups in total. The van der Waals surface area contributed by atoms with Gasteiger partial charge in [0.15, 0.2) is 0 Å². The highest BCUT2D eigenvalue weighted by atomic mass is 16.5. The number of amides is 2. The van der Waals surface area contributed by atoms with E-state index in [4.69, 9.17) is 4.74 Å². The van der Waals surface area contributed by atoms with E-state index >= 15 is 0 Å². The summed E-state index contributed by atoms with van der Waals surface area (Å²) >= 11 is 0. The van der Waals surface area contributed by atoms with E-state index in [0.717, 1.165) is 29.8 Å². The van der Waals surface area contributed by atoms with Gasteiger partial charge < -0.3 is 15.0 Å². The predicted molar refractivity (Wildman–Crippen MR) is 103 cm³/mol. The smallest absolute Gasteiger partial charge is 0.246 e. The molecule has 0 spiro atoms. The summed E-state index contributed by atoms with van der Waals surface area (Å²) in [5, 5.41) is 2.82. The molecule has 1 fully saturated rings. The molecule has 142 valence electrons. The second-order valence-electron chi connectivity index (χ2n) is 6.49. The van der Waals surface area contributed by atoms with Gasteiger partial charge in [0.25, 0.3) is 0 Å². The van der Waals surface area contributed by atoms with Gasteiger partial charge in [0.1, 0.15) is 5.75 Å². The maximum atomic E-state index is 12.5. The highest BCUT2D eigenvalue weighted by molar-refractivity contribution is 5.92. The Morgan fingerprint density at radius 2 is 2.04 bits per heavy atom. The number of nitrogens with zero attached hydrogens (tertiary/aromatic N) is 2. The summed E-state index contributed by atoms with van der Waals surface area (Å²) in [7, 11) is 1.63. The lowest BCUT2D eigenvalue weighted by Gasteiger charge is -2.20. The average Bonchev–Trinajstić information content (AvgIpc) is 2.85. The third kappa shape index (κ3) is 5.88. The van der Waals surface area contributed by atoms with E-state index in [0.29, 0.717) is 32.7 Å². The fraction of sp³-hybridized carbons (Fsp3) is 0.500. The van der Waals surface area contributed by atoms with Gasteiger partial charge in [-0.15, -0.1) is 0 Å². The number of methoxy groups -OCH3 is 1. The van der Waals surface area contributed by atoms with Crippen LogP contribution in [0.5, 0.6) is 5.75 Å². The Hall–Kier alpha value is -2.34. The summed E-state index contributed by atoms with van der Waals surface area (Å²) in [4.78, 5) is 28.2. The van der Waals surface area contributed by atoms with Crippen molar-refractivity contribution >= 4 is 17.9 Å². The van der Waals surface area contributed by atoms with Crippen LogP contribution in [0.15, 0.2) is 24.3 Å². The fourth-order valence-corrected chi connectivity index (χ4v) is 3.06. The summed E-state index contributed by atoms with van der Waals surface area (Å²) in [6.07, 6.45) is 4.29. The van der Waals surface area contributed by atoms with E-state index in [1.807, 2.05) is 43.0 Å². The van der Waals surface area contributed by atoms with Crippen molar-refractivity contribution in [2.75, 3.05) is 46.4 Å². The molecule has 1 saturated heterocycles. The number of likely N-dealkylation sites (N-methyl/N-ethyl adjacent to an activating group) is 1. The molecule has 0 bridgehead atoms. The number of carbonyl (C=O) groups excluding carboxylic acids is 2. The molecule has 0 atom stereocenters. The minimum Gasteiger partial charge on any atom is -0.496 e. The lowest BCUT2D eigenvalue weighted by atomic mass is 10.1. The largest absolute Gasteiger partial charge is 0.496 e. The number of ether oxygens (including phenoxy) is 1. The van der Waals surface area contributed by atoms with Gasteiger partial charge in [-0.3, -0.25) is 14.5 Å². The van der Waals surface area contributed by atoms with Gasteiger partial charge in [0.2, 0.25) is 11.8 Å². The van der Waals surface area contributed by atoms with Gasteiger partial charge in [0.05, 0.1) is 13.7 Å². The molecule has 26 heavy (non-hydrogen) atoms. The number of nitrogens with one attached hydrogen (secondary N) is 1. The zero-order valence-electron chi connectivity index (χ0n) is 16.0. The van der Waals surface area contributed by atoms with Crippen LogP contribution in [0.4, 0.5) is 0 Å². The quantitative estimate of drug-likeness (QED) is 0.785. The molecule has 6 nitrogen and oxygen atoms in total. The standard InChI is InChI=1S/C20H29N3O3/c1-4-21-19(24)15-22-10-5-11-23(13-12-22)20(25)9-7-17-14-16(2)6-8-18(17)26-3/h6-9,14H,4-5,10-13,15H2,1-3H3,(H,21,24). The van der Waals surface area contributed by atoms with E-state index in [-0.39, 0.29) is 11.8 Å². The van der Waals surface area contributed by atoms with Crippen LogP contribution in [0.1, 0.15) is 24.5 Å². The van der Waals surface area contributed by atoms with Crippen molar-refractivity contribution in [3.05, 3.63) is 35.4 Å². The molecule has 2 amide bonds. The Morgan fingerprint density at radius 3 is 2.77 bits per heavy atom. The first-order chi connectivity index (χ1) is 12.5. The third-order valence-corrected chi connectivity index (χ3v) is 4.43. The van der Waals surface area contributed by atoms with E-state index in [1.165, 1.54) is 0 Å². The van der Waals surface area contributed by atoms with E-state index in [9.17, 15) is 9.59 Å². The van der Waals surface area contributed by atoms with Crippen molar-refractivity contribution in [1.29, 1.82) is 0 Å². The summed E-state index contributed by atoms with van der Waals surface area (Å²) in [5.74, 6) is 0.788. The molecule has 0 saturated carbocycles. The molecular weight excluding hydrogens is 330 g/mol. The van der Waals surface area contributed by atoms with E-state index in [2.05, 4.69) is 10.2 Å². The van der Waals surface area contributed by atoms with Crippen LogP contribution in [0, 0.1) is 6.92 Å². The van der Waals surface area contributed by atoms with Crippen LogP contribution in [-0.4, -0.2) is 68.0 Å². The number of hydrogen-bond acceptors (Lipinski definition) is 4. The van der Waals surface area contributed by atoms with Crippen molar-refractivity contribution in [3.8, 4) is 5.75 Å². The van der Waals surface area contributed by atoms with Crippen LogP contribution in [0.3, 0.4) is 0 Å². The van der Waals surface area contributed by atoms with Gasteiger partial charge in [-0.05, 0) is 38.5 Å². The third-order valence-electron chi connectivity index (χ3n) is 4.43. The Bertz CT molecular complexity index is 658. The second-order valence-corrected chi connectivity index (χ2v) is 6.49. The Kier molecular flexibility index (Phi) is 7.66. The van der Waals surface area contributed by atoms with E-state index in [1.54, 1.807) is 13.2 Å². The van der Waals surface area contributed by atoms with Crippen LogP contribution < -0.4 is 10.1 Å². The van der Waals surface area contributed by atoms with Crippen LogP contribution >= 0.6 is 0 Å². The molecule has 0 aromatic heterocycles. The number of rotatable bonds is 6. The minimum absolute atomic E-state index is 0.00609. The van der Waals surface area contributed by atoms with Crippen molar-refractivity contribution in [3.63, 3.8) is 0 Å². The normalized spacial score (nSPS) is 15.7. The molecule has 1 aliphatic rings. The van der Waals surface area contributed by atoms with Gasteiger partial charge in [-0.1, -0.05) is 11.6 Å². The van der Waals surface area contributed by atoms with Crippen LogP contribution in [0.2, 0.25) is 0 Å². The highest BCUT2D eigenvalue weighted by Gasteiger charge is 2.19. The predicted octanol–water partition coefficient (Wildman–Crippen LogP) is 1.69. The molecule has 1 aromatic rings. The minimum atomic E-state index is -0.00609. The summed E-state index contributed by atoms with van der Waals surface area (Å²) in [5.41, 5.74) is 2.02. The summed E-state index contributed by atoms with van der Waals surface area (Å²) < 4.78 is 5.35. The molecule has 0 unspecified atom stereocenters. The summed E-state index contributed by atoms with van der Waals surface area (Å²) in [6, 6.07) is 5.89. The number of benzene rings is 1. The number of hydrogen-bond donors (Lipinski definition) is 1. The van der Waals surface area contributed by atoms with Gasteiger partial charge in [0, 0.05) is 44.4 Å². The SMILES string of the molecule is CCNC(=O)CN1CCCN(C(=O)C=Cc2cc(C)ccc2OC)CC1. The fourth-order valence-electron chi connectivity index (χ4n) is 3.06. The maximum absolute atomic E-state index is 12.5. The highest BCUT2D eigenvalue weighted by Crippen LogP contribution is 2.21. The Labute approximate surface area is 155 Å². The molecular formula is C20H29N3O3. The lowest BCUT2D eigenvalue weighted by Crippen LogP contribution is -2.39. The molecule has 2 rings (SSSR count). The van der Waals surface area contributed by atoms with E-state index < -0.39 is 0 Å². The topological polar surface area (TPSA) is 61.9 Å². The molecule has 0 radical (unpaired) electrons. The molecule has 1 heterocycles. The number of aryl methyl sites for hydroxylation is 1. The van der Waals surface area contributed by atoms with Crippen molar-refractivity contribution in [1.82, 2.24) is 15.1 Å². The average molecular weight is 359 g/mol. The first kappa shape index (κ1) is 20.0. The zero-order chi connectivity index (χ0) is 18.9. The molecule has 1 aromatic carbocycles. The van der Waals surface area contributed by atoms with Gasteiger partial charge in [-0.25, -0.2) is 0 Å². The van der Waals surface area contributed by atoms with Crippen molar-refractivity contribution in [2.45, 2.75) is 20.3 Å². The van der Waals surface area contributed by atoms with Gasteiger partial charge >= 0.3 is 0 Å². The first-order valence-electron chi connectivity index (χ1n) is 9.14. The lowest BCUT2D eigenvalue weighted by molar-refractivity contribution is -0.125. The second kappa shape index (κ2) is 9.97. The Morgan fingerprint density at radius 1 is 1.23 bits per heavy atom. The molecule has 1 aliphatic heterocycles.